The van der Waals surface area contributed by atoms with Crippen LogP contribution in [0.15, 0.2) is 73.2 Å². The van der Waals surface area contributed by atoms with Crippen molar-refractivity contribution in [2.45, 2.75) is 70.2 Å². The number of aliphatic hydroxyl groups is 1. The molecule has 2 heterocycles. The number of benzene rings is 2. The number of nitrogens with zero attached hydrogens (tertiary/aromatic N) is 3. The number of alkyl carbamates (subject to hydrolysis) is 1. The number of hydrogen-bond acceptors (Lipinski definition) is 9. The molecule has 44 heavy (non-hydrogen) atoms. The number of rotatable bonds is 12. The first-order chi connectivity index (χ1) is 21.1. The maximum Gasteiger partial charge on any atom is 0.408 e. The molecule has 12 nitrogen and oxygen atoms in total. The normalized spacial score (nSPS) is 16.9. The van der Waals surface area contributed by atoms with E-state index in [4.69, 9.17) is 14.2 Å². The highest BCUT2D eigenvalue weighted by atomic mass is 16.6. The van der Waals surface area contributed by atoms with E-state index in [-0.39, 0.29) is 24.9 Å². The van der Waals surface area contributed by atoms with Crippen molar-refractivity contribution in [3.8, 4) is 0 Å². The highest BCUT2D eigenvalue weighted by molar-refractivity contribution is 5.89. The molecule has 1 fully saturated rings. The van der Waals surface area contributed by atoms with Crippen molar-refractivity contribution in [3.05, 3.63) is 84.3 Å². The first-order valence-corrected chi connectivity index (χ1v) is 14.6. The largest absolute Gasteiger partial charge is 0.467 e. The Morgan fingerprint density at radius 2 is 1.75 bits per heavy atom. The molecule has 1 aliphatic heterocycles. The van der Waals surface area contributed by atoms with Crippen molar-refractivity contribution in [1.29, 1.82) is 0 Å². The molecule has 2 amide bonds. The summed E-state index contributed by atoms with van der Waals surface area (Å²) in [5, 5.41) is 16.7. The van der Waals surface area contributed by atoms with Crippen LogP contribution in [0.3, 0.4) is 0 Å². The third-order valence-corrected chi connectivity index (χ3v) is 7.05. The number of nitrogens with one attached hydrogen (secondary N) is 2. The maximum absolute atomic E-state index is 13.9. The number of esters is 1. The molecule has 12 heteroatoms. The molecule has 0 spiro atoms. The second-order valence-corrected chi connectivity index (χ2v) is 11.6. The van der Waals surface area contributed by atoms with E-state index < -0.39 is 42.0 Å². The van der Waals surface area contributed by atoms with Gasteiger partial charge < -0.3 is 39.4 Å². The third-order valence-electron chi connectivity index (χ3n) is 7.05. The topological polar surface area (TPSA) is 144 Å². The number of aliphatic hydroxyl groups excluding tert-OH is 1. The van der Waals surface area contributed by atoms with E-state index in [0.717, 1.165) is 5.56 Å². The molecule has 1 saturated heterocycles. The lowest BCUT2D eigenvalue weighted by atomic mass is 10.0. The molecule has 0 bridgehead atoms. The Morgan fingerprint density at radius 3 is 2.41 bits per heavy atom. The van der Waals surface area contributed by atoms with Crippen molar-refractivity contribution in [2.75, 3.05) is 25.6 Å². The molecular weight excluding hydrogens is 566 g/mol. The summed E-state index contributed by atoms with van der Waals surface area (Å²) in [6.45, 7) is 5.91. The van der Waals surface area contributed by atoms with Gasteiger partial charge in [-0.3, -0.25) is 4.79 Å². The van der Waals surface area contributed by atoms with E-state index in [1.54, 1.807) is 36.4 Å². The fourth-order valence-corrected chi connectivity index (χ4v) is 5.00. The number of aromatic nitrogens is 2. The van der Waals surface area contributed by atoms with Crippen LogP contribution >= 0.6 is 0 Å². The summed E-state index contributed by atoms with van der Waals surface area (Å²) in [5.74, 6) is -0.458. The summed E-state index contributed by atoms with van der Waals surface area (Å²) < 4.78 is 17.8. The summed E-state index contributed by atoms with van der Waals surface area (Å²) >= 11 is 0. The van der Waals surface area contributed by atoms with Crippen molar-refractivity contribution in [1.82, 2.24) is 19.8 Å². The molecule has 0 aliphatic carbocycles. The van der Waals surface area contributed by atoms with Crippen molar-refractivity contribution < 1.29 is 33.7 Å². The van der Waals surface area contributed by atoms with Gasteiger partial charge in [0.1, 0.15) is 35.8 Å². The monoisotopic (exact) mass is 607 g/mol. The second kappa shape index (κ2) is 14.8. The van der Waals surface area contributed by atoms with Gasteiger partial charge in [0.2, 0.25) is 0 Å². The Kier molecular flexibility index (Phi) is 11.0. The van der Waals surface area contributed by atoms with Crippen LogP contribution in [0.2, 0.25) is 0 Å². The summed E-state index contributed by atoms with van der Waals surface area (Å²) in [4.78, 5) is 44.8. The predicted octanol–water partition coefficient (Wildman–Crippen LogP) is 3.48. The number of ether oxygens (including phenoxy) is 3. The second-order valence-electron chi connectivity index (χ2n) is 11.6. The van der Waals surface area contributed by atoms with Gasteiger partial charge in [0, 0.05) is 12.7 Å². The number of anilines is 1. The number of likely N-dealkylation sites (tertiary alicyclic amines) is 1. The number of methoxy groups -OCH3 is 1. The predicted molar refractivity (Wildman–Crippen MR) is 162 cm³/mol. The van der Waals surface area contributed by atoms with E-state index in [0.29, 0.717) is 24.9 Å². The highest BCUT2D eigenvalue weighted by Gasteiger charge is 2.39. The van der Waals surface area contributed by atoms with E-state index in [1.165, 1.54) is 13.4 Å². The van der Waals surface area contributed by atoms with Gasteiger partial charge in [0.25, 0.3) is 5.91 Å². The van der Waals surface area contributed by atoms with Crippen molar-refractivity contribution in [2.24, 2.45) is 0 Å². The smallest absolute Gasteiger partial charge is 0.408 e. The summed E-state index contributed by atoms with van der Waals surface area (Å²) in [5.41, 5.74) is 0.905. The van der Waals surface area contributed by atoms with Crippen molar-refractivity contribution in [3.63, 3.8) is 0 Å². The van der Waals surface area contributed by atoms with Crippen LogP contribution in [0.5, 0.6) is 0 Å². The molecule has 1 unspecified atom stereocenters. The van der Waals surface area contributed by atoms with E-state index in [1.807, 2.05) is 60.7 Å². The minimum atomic E-state index is -1.32. The number of amides is 2. The lowest BCUT2D eigenvalue weighted by Gasteiger charge is -2.28. The first-order valence-electron chi connectivity index (χ1n) is 14.6. The van der Waals surface area contributed by atoms with Gasteiger partial charge in [-0.1, -0.05) is 60.7 Å². The summed E-state index contributed by atoms with van der Waals surface area (Å²) in [7, 11) is 1.31. The average molecular weight is 608 g/mol. The standard InChI is InChI=1S/C32H41N5O7/c1-32(2,3)44-31(41)34-24(20-43-19-22-12-7-5-8-13-22)28(38)35-26-18-36(21-33-26)27(23-14-9-6-10-15-23)29(39)37-17-11-16-25(37)30(40)42-4/h5-10,12-15,18,21,24-25,27-28,35,38H,11,16-17,19-20H2,1-4H3,(H,34,41)/t24-,25-,27?,28-/m0/s1. The minimum Gasteiger partial charge on any atom is -0.467 e. The summed E-state index contributed by atoms with van der Waals surface area (Å²) in [6.07, 6.45) is 2.26. The minimum absolute atomic E-state index is 0.0297. The molecule has 1 aromatic heterocycles. The molecule has 4 atom stereocenters. The Morgan fingerprint density at radius 1 is 1.07 bits per heavy atom. The van der Waals surface area contributed by atoms with Gasteiger partial charge in [-0.25, -0.2) is 14.6 Å². The quantitative estimate of drug-likeness (QED) is 0.208. The Balaban J connectivity index is 1.51. The van der Waals surface area contributed by atoms with Crippen molar-refractivity contribution >= 4 is 23.8 Å². The third kappa shape index (κ3) is 8.80. The van der Waals surface area contributed by atoms with Gasteiger partial charge in [-0.2, -0.15) is 0 Å². The molecule has 3 aromatic rings. The van der Waals surface area contributed by atoms with Gasteiger partial charge in [0.05, 0.1) is 26.7 Å². The van der Waals surface area contributed by atoms with Crippen LogP contribution in [0.25, 0.3) is 0 Å². The van der Waals surface area contributed by atoms with Crippen LogP contribution in [0, 0.1) is 0 Å². The number of carbonyl (C=O) groups is 3. The molecule has 4 rings (SSSR count). The Hall–Kier alpha value is -4.42. The zero-order valence-electron chi connectivity index (χ0n) is 25.5. The highest BCUT2D eigenvalue weighted by Crippen LogP contribution is 2.28. The molecule has 236 valence electrons. The number of carbonyl (C=O) groups excluding carboxylic acids is 3. The number of imidazole rings is 1. The molecule has 2 aromatic carbocycles. The maximum atomic E-state index is 13.9. The lowest BCUT2D eigenvalue weighted by molar-refractivity contribution is -0.151. The fraction of sp³-hybridized carbons (Fsp3) is 0.438. The molecule has 0 saturated carbocycles. The van der Waals surface area contributed by atoms with Gasteiger partial charge in [-0.15, -0.1) is 0 Å². The van der Waals surface area contributed by atoms with Gasteiger partial charge >= 0.3 is 12.1 Å². The van der Waals surface area contributed by atoms with Gasteiger partial charge in [0.15, 0.2) is 0 Å². The zero-order chi connectivity index (χ0) is 31.7. The van der Waals surface area contributed by atoms with E-state index in [2.05, 4.69) is 15.6 Å². The molecular formula is C32H41N5O7. The van der Waals surface area contributed by atoms with Crippen LogP contribution in [0.1, 0.15) is 50.8 Å². The Labute approximate surface area is 257 Å². The molecule has 1 aliphatic rings. The fourth-order valence-electron chi connectivity index (χ4n) is 5.00. The SMILES string of the molecule is COC(=O)[C@@H]1CCCN1C(=O)C(c1ccccc1)n1cnc(N[C@@H](O)[C@H](COCc2ccccc2)NC(=O)OC(C)(C)C)c1. The van der Waals surface area contributed by atoms with E-state index >= 15 is 0 Å². The lowest BCUT2D eigenvalue weighted by Crippen LogP contribution is -2.50. The first kappa shape index (κ1) is 32.5. The zero-order valence-corrected chi connectivity index (χ0v) is 25.5. The number of hydrogen-bond donors (Lipinski definition) is 3. The molecule has 0 radical (unpaired) electrons. The Bertz CT molecular complexity index is 1380. The van der Waals surface area contributed by atoms with Gasteiger partial charge in [-0.05, 0) is 44.7 Å². The van der Waals surface area contributed by atoms with Crippen LogP contribution < -0.4 is 10.6 Å². The summed E-state index contributed by atoms with van der Waals surface area (Å²) in [6, 6.07) is 16.3. The average Bonchev–Trinajstić information content (AvgIpc) is 3.67. The van der Waals surface area contributed by atoms with Crippen LogP contribution in [-0.2, 0) is 30.4 Å². The van der Waals surface area contributed by atoms with E-state index in [9.17, 15) is 19.5 Å². The van der Waals surface area contributed by atoms with Crippen LogP contribution in [0.4, 0.5) is 10.6 Å². The molecule has 3 N–H and O–H groups in total. The van der Waals surface area contributed by atoms with Crippen LogP contribution in [-0.4, -0.2) is 81.7 Å².